The Hall–Kier alpha value is -2.71. The van der Waals surface area contributed by atoms with Gasteiger partial charge in [0.25, 0.3) is 0 Å². The van der Waals surface area contributed by atoms with E-state index in [0.29, 0.717) is 42.7 Å². The van der Waals surface area contributed by atoms with Crippen LogP contribution in [0.2, 0.25) is 0 Å². The highest BCUT2D eigenvalue weighted by Gasteiger charge is 2.34. The zero-order valence-corrected chi connectivity index (χ0v) is 15.7. The van der Waals surface area contributed by atoms with E-state index in [4.69, 9.17) is 4.74 Å². The summed E-state index contributed by atoms with van der Waals surface area (Å²) in [5, 5.41) is 19.7. The average Bonchev–Trinajstić information content (AvgIpc) is 3.04. The number of carbonyl (C=O) groups is 1. The molecule has 8 nitrogen and oxygen atoms in total. The van der Waals surface area contributed by atoms with Crippen molar-refractivity contribution in [2.45, 2.75) is 19.1 Å². The van der Waals surface area contributed by atoms with E-state index in [9.17, 15) is 15.0 Å². The molecule has 2 N–H and O–H groups in total. The Labute approximate surface area is 158 Å². The van der Waals surface area contributed by atoms with Gasteiger partial charge in [0, 0.05) is 24.8 Å². The average molecular weight is 372 g/mol. The minimum atomic E-state index is -1.05. The molecule has 144 valence electrons. The lowest BCUT2D eigenvalue weighted by Crippen LogP contribution is -2.38. The number of anilines is 1. The van der Waals surface area contributed by atoms with Crippen LogP contribution in [-0.2, 0) is 0 Å². The molecule has 1 fully saturated rings. The zero-order valence-electron chi connectivity index (χ0n) is 15.7. The summed E-state index contributed by atoms with van der Waals surface area (Å²) in [7, 11) is 3.87. The van der Waals surface area contributed by atoms with E-state index in [1.807, 2.05) is 30.8 Å². The Morgan fingerprint density at radius 3 is 2.74 bits per heavy atom. The maximum absolute atomic E-state index is 11.5. The van der Waals surface area contributed by atoms with E-state index in [2.05, 4.69) is 9.97 Å². The molecule has 1 aromatic heterocycles. The van der Waals surface area contributed by atoms with Crippen molar-refractivity contribution >= 4 is 11.9 Å². The van der Waals surface area contributed by atoms with Crippen molar-refractivity contribution in [3.8, 4) is 17.0 Å². The number of rotatable bonds is 6. The van der Waals surface area contributed by atoms with Crippen LogP contribution >= 0.6 is 0 Å². The number of likely N-dealkylation sites (N-methyl/N-ethyl adjacent to an activating group) is 1. The van der Waals surface area contributed by atoms with Gasteiger partial charge in [-0.2, -0.15) is 0 Å². The number of carboxylic acids is 1. The number of nitrogens with zero attached hydrogens (tertiary/aromatic N) is 4. The maximum atomic E-state index is 11.5. The molecule has 0 aliphatic carbocycles. The number of carboxylic acid groups (broad SMARTS) is 1. The summed E-state index contributed by atoms with van der Waals surface area (Å²) >= 11 is 0. The van der Waals surface area contributed by atoms with E-state index in [1.54, 1.807) is 30.5 Å². The normalized spacial score (nSPS) is 19.5. The summed E-state index contributed by atoms with van der Waals surface area (Å²) in [4.78, 5) is 24.4. The van der Waals surface area contributed by atoms with E-state index < -0.39 is 12.1 Å². The van der Waals surface area contributed by atoms with Gasteiger partial charge in [0.2, 0.25) is 5.95 Å². The Morgan fingerprint density at radius 2 is 2.11 bits per heavy atom. The highest BCUT2D eigenvalue weighted by atomic mass is 16.5. The number of aromatic carboxylic acids is 1. The fourth-order valence-corrected chi connectivity index (χ4v) is 3.24. The first-order valence-electron chi connectivity index (χ1n) is 8.83. The van der Waals surface area contributed by atoms with Crippen molar-refractivity contribution in [1.29, 1.82) is 0 Å². The molecule has 1 aliphatic heterocycles. The monoisotopic (exact) mass is 372 g/mol. The molecule has 0 spiro atoms. The van der Waals surface area contributed by atoms with Crippen LogP contribution < -0.4 is 9.64 Å². The second-order valence-electron chi connectivity index (χ2n) is 6.69. The Bertz CT molecular complexity index is 827. The van der Waals surface area contributed by atoms with Crippen molar-refractivity contribution in [3.63, 3.8) is 0 Å². The third kappa shape index (κ3) is 4.01. The van der Waals surface area contributed by atoms with Crippen LogP contribution in [-0.4, -0.2) is 77.0 Å². The van der Waals surface area contributed by atoms with Crippen molar-refractivity contribution in [3.05, 3.63) is 36.0 Å². The number of aliphatic hydroxyl groups excluding tert-OH is 1. The molecule has 0 radical (unpaired) electrons. The highest BCUT2D eigenvalue weighted by molar-refractivity contribution is 5.92. The number of benzene rings is 1. The maximum Gasteiger partial charge on any atom is 0.339 e. The first-order valence-corrected chi connectivity index (χ1v) is 8.83. The number of hydrogen-bond acceptors (Lipinski definition) is 7. The number of hydrogen-bond donors (Lipinski definition) is 2. The molecule has 1 aromatic carbocycles. The molecule has 0 amide bonds. The summed E-state index contributed by atoms with van der Waals surface area (Å²) in [6.07, 6.45) is 1.17. The lowest BCUT2D eigenvalue weighted by Gasteiger charge is -2.21. The van der Waals surface area contributed by atoms with Crippen LogP contribution in [0, 0.1) is 0 Å². The fourth-order valence-electron chi connectivity index (χ4n) is 3.24. The van der Waals surface area contributed by atoms with Gasteiger partial charge in [0.05, 0.1) is 24.4 Å². The van der Waals surface area contributed by atoms with Crippen LogP contribution in [0.4, 0.5) is 5.95 Å². The van der Waals surface area contributed by atoms with Gasteiger partial charge in [-0.05, 0) is 45.3 Å². The first kappa shape index (κ1) is 19.1. The van der Waals surface area contributed by atoms with Crippen LogP contribution in [0.15, 0.2) is 30.5 Å². The number of β-amino-alcohol motifs (C(OH)–C–C–N with tert-alkyl or cyclic N) is 1. The SMILES string of the molecule is CCOc1ccc(-c2ccnc(N3C[C@@H](O)[C@H](N(C)C)C3)n2)cc1C(=O)O. The number of aromatic nitrogens is 2. The molecule has 27 heavy (non-hydrogen) atoms. The third-order valence-electron chi connectivity index (χ3n) is 4.65. The van der Waals surface area contributed by atoms with Gasteiger partial charge in [-0.1, -0.05) is 0 Å². The lowest BCUT2D eigenvalue weighted by molar-refractivity contribution is 0.0692. The molecule has 0 saturated carbocycles. The van der Waals surface area contributed by atoms with Crippen LogP contribution in [0.1, 0.15) is 17.3 Å². The van der Waals surface area contributed by atoms with Gasteiger partial charge in [-0.15, -0.1) is 0 Å². The molecular weight excluding hydrogens is 348 g/mol. The van der Waals surface area contributed by atoms with Crippen LogP contribution in [0.5, 0.6) is 5.75 Å². The predicted octanol–water partition coefficient (Wildman–Crippen LogP) is 1.35. The summed E-state index contributed by atoms with van der Waals surface area (Å²) in [5.74, 6) is -0.202. The largest absolute Gasteiger partial charge is 0.493 e. The molecule has 0 unspecified atom stereocenters. The van der Waals surface area contributed by atoms with Gasteiger partial charge in [-0.25, -0.2) is 14.8 Å². The van der Waals surface area contributed by atoms with E-state index in [0.717, 1.165) is 0 Å². The third-order valence-corrected chi connectivity index (χ3v) is 4.65. The fraction of sp³-hybridized carbons (Fsp3) is 0.421. The highest BCUT2D eigenvalue weighted by Crippen LogP contribution is 2.27. The quantitative estimate of drug-likeness (QED) is 0.784. The first-order chi connectivity index (χ1) is 12.9. The molecule has 2 heterocycles. The van der Waals surface area contributed by atoms with Crippen molar-refractivity contribution in [1.82, 2.24) is 14.9 Å². The minimum absolute atomic E-state index is 0.0151. The zero-order chi connectivity index (χ0) is 19.6. The summed E-state index contributed by atoms with van der Waals surface area (Å²) < 4.78 is 5.39. The van der Waals surface area contributed by atoms with Crippen LogP contribution in [0.25, 0.3) is 11.3 Å². The topological polar surface area (TPSA) is 99.0 Å². The van der Waals surface area contributed by atoms with Gasteiger partial charge in [0.1, 0.15) is 11.3 Å². The van der Waals surface area contributed by atoms with Gasteiger partial charge in [0.15, 0.2) is 0 Å². The summed E-state index contributed by atoms with van der Waals surface area (Å²) in [6, 6.07) is 6.74. The Morgan fingerprint density at radius 1 is 1.33 bits per heavy atom. The molecule has 3 rings (SSSR count). The second kappa shape index (κ2) is 7.89. The summed E-state index contributed by atoms with van der Waals surface area (Å²) in [6.45, 7) is 3.28. The van der Waals surface area contributed by atoms with E-state index in [1.165, 1.54) is 0 Å². The van der Waals surface area contributed by atoms with Gasteiger partial charge < -0.3 is 24.7 Å². The number of ether oxygens (including phenoxy) is 1. The molecule has 0 bridgehead atoms. The molecular formula is C19H24N4O4. The molecule has 1 saturated heterocycles. The van der Waals surface area contributed by atoms with E-state index in [-0.39, 0.29) is 11.6 Å². The standard InChI is InChI=1S/C19H24N4O4/c1-4-27-17-6-5-12(9-13(17)18(25)26)14-7-8-20-19(21-14)23-10-15(22(2)3)16(24)11-23/h5-9,15-16,24H,4,10-11H2,1-3H3,(H,25,26)/t15-,16-/m1/s1. The number of aliphatic hydroxyl groups is 1. The van der Waals surface area contributed by atoms with Gasteiger partial charge >= 0.3 is 5.97 Å². The van der Waals surface area contributed by atoms with Gasteiger partial charge in [-0.3, -0.25) is 0 Å². The molecule has 1 aliphatic rings. The minimum Gasteiger partial charge on any atom is -0.493 e. The smallest absolute Gasteiger partial charge is 0.339 e. The van der Waals surface area contributed by atoms with Crippen LogP contribution in [0.3, 0.4) is 0 Å². The Balaban J connectivity index is 1.90. The molecule has 8 heteroatoms. The second-order valence-corrected chi connectivity index (χ2v) is 6.69. The van der Waals surface area contributed by atoms with Crippen molar-refractivity contribution < 1.29 is 19.7 Å². The lowest BCUT2D eigenvalue weighted by atomic mass is 10.1. The van der Waals surface area contributed by atoms with Crippen molar-refractivity contribution in [2.24, 2.45) is 0 Å². The Kier molecular flexibility index (Phi) is 5.57. The predicted molar refractivity (Wildman–Crippen MR) is 101 cm³/mol. The molecule has 2 aromatic rings. The summed E-state index contributed by atoms with van der Waals surface area (Å²) in [5.41, 5.74) is 1.38. The molecule has 2 atom stereocenters. The van der Waals surface area contributed by atoms with E-state index >= 15 is 0 Å². The van der Waals surface area contributed by atoms with Crippen molar-refractivity contribution in [2.75, 3.05) is 38.7 Å².